The standard InChI is InChI=1S/C19H19Cl2N3O5/c1-19(2,12-17(25)13-7-6-8-14(11-13)29-3)24(21)22(20)18(26)15-9-4-5-10-16(15)23(27)28/h4-11H,12H2,1-3H3. The molecule has 10 heteroatoms. The number of benzene rings is 2. The normalized spacial score (nSPS) is 11.2. The first kappa shape index (κ1) is 22.6. The summed E-state index contributed by atoms with van der Waals surface area (Å²) < 4.78 is 6.50. The molecule has 29 heavy (non-hydrogen) atoms. The summed E-state index contributed by atoms with van der Waals surface area (Å²) in [7, 11) is 1.49. The van der Waals surface area contributed by atoms with Crippen molar-refractivity contribution in [2.45, 2.75) is 25.8 Å². The third-order valence-corrected chi connectivity index (χ3v) is 5.13. The van der Waals surface area contributed by atoms with E-state index in [-0.39, 0.29) is 17.8 Å². The molecular weight excluding hydrogens is 421 g/mol. The minimum atomic E-state index is -1.09. The number of rotatable bonds is 8. The van der Waals surface area contributed by atoms with Gasteiger partial charge in [-0.05, 0) is 32.0 Å². The molecule has 8 nitrogen and oxygen atoms in total. The molecule has 0 saturated heterocycles. The van der Waals surface area contributed by atoms with Crippen molar-refractivity contribution in [2.75, 3.05) is 7.11 Å². The highest BCUT2D eigenvalue weighted by Crippen LogP contribution is 2.30. The number of carbonyl (C=O) groups excluding carboxylic acids is 2. The summed E-state index contributed by atoms with van der Waals surface area (Å²) in [6, 6.07) is 12.0. The highest BCUT2D eigenvalue weighted by molar-refractivity contribution is 6.27. The van der Waals surface area contributed by atoms with Gasteiger partial charge in [-0.1, -0.05) is 24.3 Å². The van der Waals surface area contributed by atoms with Gasteiger partial charge in [0, 0.05) is 41.6 Å². The van der Waals surface area contributed by atoms with E-state index in [1.807, 2.05) is 0 Å². The molecule has 0 heterocycles. The minimum Gasteiger partial charge on any atom is -0.497 e. The molecule has 0 saturated carbocycles. The fourth-order valence-corrected chi connectivity index (χ4v) is 3.01. The van der Waals surface area contributed by atoms with Gasteiger partial charge in [0.15, 0.2) is 5.78 Å². The third kappa shape index (κ3) is 5.23. The number of amides is 1. The molecule has 2 rings (SSSR count). The molecule has 0 fully saturated rings. The Morgan fingerprint density at radius 3 is 2.41 bits per heavy atom. The van der Waals surface area contributed by atoms with E-state index in [1.165, 1.54) is 31.4 Å². The van der Waals surface area contributed by atoms with Gasteiger partial charge in [-0.3, -0.25) is 19.7 Å². The molecule has 2 aromatic rings. The summed E-state index contributed by atoms with van der Waals surface area (Å²) in [5.74, 6) is -0.611. The average molecular weight is 440 g/mol. The van der Waals surface area contributed by atoms with E-state index in [9.17, 15) is 19.7 Å². The van der Waals surface area contributed by atoms with Crippen LogP contribution in [-0.4, -0.2) is 38.3 Å². The van der Waals surface area contributed by atoms with Crippen LogP contribution in [0.3, 0.4) is 0 Å². The average Bonchev–Trinajstić information content (AvgIpc) is 2.71. The molecule has 0 unspecified atom stereocenters. The Labute approximate surface area is 177 Å². The van der Waals surface area contributed by atoms with Gasteiger partial charge in [-0.2, -0.15) is 4.53 Å². The van der Waals surface area contributed by atoms with Gasteiger partial charge >= 0.3 is 0 Å². The van der Waals surface area contributed by atoms with Crippen LogP contribution in [0.1, 0.15) is 41.0 Å². The number of Topliss-reactive ketones (excluding diaryl/α,β-unsaturated/α-hetero) is 1. The minimum absolute atomic E-state index is 0.0863. The summed E-state index contributed by atoms with van der Waals surface area (Å²) in [6.45, 7) is 3.22. The molecule has 0 aliphatic carbocycles. The zero-order chi connectivity index (χ0) is 21.8. The van der Waals surface area contributed by atoms with Crippen LogP contribution in [0.4, 0.5) is 5.69 Å². The van der Waals surface area contributed by atoms with E-state index in [0.717, 1.165) is 4.53 Å². The molecule has 0 atom stereocenters. The SMILES string of the molecule is COc1cccc(C(=O)CC(C)(C)N(Cl)N(Cl)C(=O)c2ccccc2[N+](=O)[O-])c1. The number of hydrogen-bond acceptors (Lipinski definition) is 6. The van der Waals surface area contributed by atoms with E-state index >= 15 is 0 Å². The van der Waals surface area contributed by atoms with Crippen molar-refractivity contribution >= 4 is 40.9 Å². The van der Waals surface area contributed by atoms with Gasteiger partial charge in [0.25, 0.3) is 11.6 Å². The quantitative estimate of drug-likeness (QED) is 0.257. The predicted molar refractivity (Wildman–Crippen MR) is 109 cm³/mol. The Balaban J connectivity index is 2.20. The van der Waals surface area contributed by atoms with Crippen LogP contribution in [0.5, 0.6) is 5.75 Å². The predicted octanol–water partition coefficient (Wildman–Crippen LogP) is 4.62. The van der Waals surface area contributed by atoms with E-state index < -0.39 is 22.1 Å². The van der Waals surface area contributed by atoms with Crippen LogP contribution in [0.2, 0.25) is 0 Å². The molecule has 1 amide bonds. The Kier molecular flexibility index (Phi) is 7.18. The number of nitrogens with zero attached hydrogens (tertiary/aromatic N) is 3. The Morgan fingerprint density at radius 1 is 1.14 bits per heavy atom. The lowest BCUT2D eigenvalue weighted by atomic mass is 9.95. The molecular formula is C19H19Cl2N3O5. The maximum Gasteiger partial charge on any atom is 0.291 e. The molecule has 0 radical (unpaired) electrons. The molecule has 154 valence electrons. The van der Waals surface area contributed by atoms with Crippen molar-refractivity contribution in [3.63, 3.8) is 0 Å². The Bertz CT molecular complexity index is 936. The van der Waals surface area contributed by atoms with Crippen LogP contribution in [0.15, 0.2) is 48.5 Å². The number of hydrazine groups is 1. The number of ketones is 1. The fraction of sp³-hybridized carbons (Fsp3) is 0.263. The van der Waals surface area contributed by atoms with Crippen molar-refractivity contribution < 1.29 is 19.2 Å². The maximum atomic E-state index is 12.7. The van der Waals surface area contributed by atoms with Crippen LogP contribution >= 0.6 is 23.6 Å². The number of methoxy groups -OCH3 is 1. The topological polar surface area (TPSA) is 93.0 Å². The summed E-state index contributed by atoms with van der Waals surface area (Å²) in [5, 5.41) is 11.2. The molecule has 0 aliphatic heterocycles. The number of halogens is 2. The van der Waals surface area contributed by atoms with Crippen LogP contribution in [0.25, 0.3) is 0 Å². The van der Waals surface area contributed by atoms with Gasteiger partial charge in [0.2, 0.25) is 0 Å². The number of hydrogen-bond donors (Lipinski definition) is 0. The second-order valence-electron chi connectivity index (χ2n) is 6.74. The number of para-hydroxylation sites is 1. The number of nitro benzene ring substituents is 1. The monoisotopic (exact) mass is 439 g/mol. The molecule has 0 N–H and O–H groups in total. The van der Waals surface area contributed by atoms with Crippen molar-refractivity contribution in [3.05, 3.63) is 69.8 Å². The lowest BCUT2D eigenvalue weighted by Gasteiger charge is -2.35. The fourth-order valence-electron chi connectivity index (χ4n) is 2.59. The van der Waals surface area contributed by atoms with Crippen LogP contribution in [0, 0.1) is 10.1 Å². The highest BCUT2D eigenvalue weighted by Gasteiger charge is 2.37. The van der Waals surface area contributed by atoms with Gasteiger partial charge in [-0.15, -0.1) is 4.53 Å². The van der Waals surface area contributed by atoms with Crippen LogP contribution < -0.4 is 4.74 Å². The second-order valence-corrected chi connectivity index (χ2v) is 7.38. The molecule has 2 aromatic carbocycles. The summed E-state index contributed by atoms with van der Waals surface area (Å²) in [4.78, 5) is 35.8. The van der Waals surface area contributed by atoms with Crippen molar-refractivity contribution in [1.82, 2.24) is 9.06 Å². The van der Waals surface area contributed by atoms with E-state index in [1.54, 1.807) is 38.1 Å². The van der Waals surface area contributed by atoms with Crippen LogP contribution in [-0.2, 0) is 0 Å². The first-order chi connectivity index (χ1) is 13.6. The lowest BCUT2D eigenvalue weighted by molar-refractivity contribution is -0.385. The molecule has 0 spiro atoms. The van der Waals surface area contributed by atoms with Gasteiger partial charge in [0.1, 0.15) is 11.3 Å². The van der Waals surface area contributed by atoms with Gasteiger partial charge < -0.3 is 4.74 Å². The van der Waals surface area contributed by atoms with Crippen molar-refractivity contribution in [2.24, 2.45) is 0 Å². The largest absolute Gasteiger partial charge is 0.497 e. The smallest absolute Gasteiger partial charge is 0.291 e. The molecule has 0 bridgehead atoms. The molecule has 0 aromatic heterocycles. The first-order valence-electron chi connectivity index (χ1n) is 8.45. The number of nitro groups is 1. The Hall–Kier alpha value is -2.68. The maximum absolute atomic E-state index is 12.7. The van der Waals surface area contributed by atoms with Gasteiger partial charge in [-0.25, -0.2) is 0 Å². The Morgan fingerprint density at radius 2 is 1.79 bits per heavy atom. The van der Waals surface area contributed by atoms with Crippen molar-refractivity contribution in [1.29, 1.82) is 0 Å². The van der Waals surface area contributed by atoms with E-state index in [2.05, 4.69) is 0 Å². The zero-order valence-corrected chi connectivity index (χ0v) is 17.5. The third-order valence-electron chi connectivity index (χ3n) is 4.14. The van der Waals surface area contributed by atoms with Crippen molar-refractivity contribution in [3.8, 4) is 5.75 Å². The number of carbonyl (C=O) groups is 2. The second kappa shape index (κ2) is 9.21. The summed E-state index contributed by atoms with van der Waals surface area (Å²) in [6.07, 6.45) is -0.0863. The van der Waals surface area contributed by atoms with Gasteiger partial charge in [0.05, 0.1) is 17.6 Å². The first-order valence-corrected chi connectivity index (χ1v) is 9.13. The highest BCUT2D eigenvalue weighted by atomic mass is 35.5. The lowest BCUT2D eigenvalue weighted by Crippen LogP contribution is -2.48. The van der Waals surface area contributed by atoms with E-state index in [0.29, 0.717) is 15.8 Å². The number of ether oxygens (including phenoxy) is 1. The van der Waals surface area contributed by atoms with E-state index in [4.69, 9.17) is 28.3 Å². The molecule has 0 aliphatic rings. The zero-order valence-electron chi connectivity index (χ0n) is 16.0. The summed E-state index contributed by atoms with van der Waals surface area (Å²) >= 11 is 12.3. The summed E-state index contributed by atoms with van der Waals surface area (Å²) in [5.41, 5.74) is -1.32.